The van der Waals surface area contributed by atoms with Crippen molar-refractivity contribution in [2.75, 3.05) is 13.2 Å². The lowest BCUT2D eigenvalue weighted by Gasteiger charge is -2.40. The van der Waals surface area contributed by atoms with Gasteiger partial charge in [0.05, 0.1) is 6.04 Å². The first-order valence-electron chi connectivity index (χ1n) is 9.94. The zero-order chi connectivity index (χ0) is 19.5. The maximum Gasteiger partial charge on any atom is 0.251 e. The maximum absolute atomic E-state index is 13.0. The number of hydrogen-bond donors (Lipinski definition) is 1. The summed E-state index contributed by atoms with van der Waals surface area (Å²) in [4.78, 5) is 27.4. The number of aryl methyl sites for hydroxylation is 1. The topological polar surface area (TPSA) is 58.6 Å². The SMILES string of the molecule is Cc1cccc(CCNC(=O)[C@@H]2OCC(=O)N(C3CC3)[C@H]2c2ccccc2)c1. The lowest BCUT2D eigenvalue weighted by molar-refractivity contribution is -0.165. The fourth-order valence-corrected chi connectivity index (χ4v) is 3.91. The Morgan fingerprint density at radius 3 is 2.64 bits per heavy atom. The molecule has 0 spiro atoms. The van der Waals surface area contributed by atoms with Gasteiger partial charge in [-0.05, 0) is 37.3 Å². The van der Waals surface area contributed by atoms with Crippen LogP contribution in [0, 0.1) is 6.92 Å². The van der Waals surface area contributed by atoms with Gasteiger partial charge in [-0.25, -0.2) is 0 Å². The largest absolute Gasteiger partial charge is 0.356 e. The van der Waals surface area contributed by atoms with E-state index in [1.165, 1.54) is 11.1 Å². The van der Waals surface area contributed by atoms with Crippen molar-refractivity contribution in [2.24, 2.45) is 0 Å². The monoisotopic (exact) mass is 378 g/mol. The average molecular weight is 378 g/mol. The van der Waals surface area contributed by atoms with Gasteiger partial charge < -0.3 is 15.0 Å². The molecule has 0 radical (unpaired) electrons. The third-order valence-electron chi connectivity index (χ3n) is 5.40. The Kier molecular flexibility index (Phi) is 5.44. The van der Waals surface area contributed by atoms with Crippen molar-refractivity contribution in [2.45, 2.75) is 44.4 Å². The molecule has 0 unspecified atom stereocenters. The minimum Gasteiger partial charge on any atom is -0.356 e. The third kappa shape index (κ3) is 4.09. The number of hydrogen-bond acceptors (Lipinski definition) is 3. The molecule has 0 bridgehead atoms. The molecule has 1 heterocycles. The van der Waals surface area contributed by atoms with Crippen molar-refractivity contribution >= 4 is 11.8 Å². The predicted octanol–water partition coefficient (Wildman–Crippen LogP) is 2.78. The summed E-state index contributed by atoms with van der Waals surface area (Å²) in [6.45, 7) is 2.57. The summed E-state index contributed by atoms with van der Waals surface area (Å²) in [7, 11) is 0. The molecule has 1 saturated heterocycles. The van der Waals surface area contributed by atoms with Crippen LogP contribution in [0.1, 0.15) is 35.6 Å². The van der Waals surface area contributed by atoms with Crippen molar-refractivity contribution in [1.29, 1.82) is 0 Å². The van der Waals surface area contributed by atoms with Gasteiger partial charge in [0, 0.05) is 12.6 Å². The smallest absolute Gasteiger partial charge is 0.251 e. The van der Waals surface area contributed by atoms with E-state index in [9.17, 15) is 9.59 Å². The van der Waals surface area contributed by atoms with Gasteiger partial charge in [-0.1, -0.05) is 60.2 Å². The van der Waals surface area contributed by atoms with Crippen molar-refractivity contribution in [3.63, 3.8) is 0 Å². The molecule has 1 aliphatic carbocycles. The molecule has 2 amide bonds. The number of nitrogens with one attached hydrogen (secondary N) is 1. The summed E-state index contributed by atoms with van der Waals surface area (Å²) < 4.78 is 5.75. The Morgan fingerprint density at radius 1 is 1.14 bits per heavy atom. The second kappa shape index (κ2) is 8.15. The summed E-state index contributed by atoms with van der Waals surface area (Å²) in [5.74, 6) is -0.181. The lowest BCUT2D eigenvalue weighted by Crippen LogP contribution is -2.55. The van der Waals surface area contributed by atoms with E-state index in [0.717, 1.165) is 24.8 Å². The lowest BCUT2D eigenvalue weighted by atomic mass is 9.96. The first-order chi connectivity index (χ1) is 13.6. The molecular weight excluding hydrogens is 352 g/mol. The Labute approximate surface area is 165 Å². The molecule has 2 fully saturated rings. The minimum atomic E-state index is -0.682. The average Bonchev–Trinajstić information content (AvgIpc) is 3.53. The molecular formula is C23H26N2O3. The number of nitrogens with zero attached hydrogens (tertiary/aromatic N) is 1. The van der Waals surface area contributed by atoms with Gasteiger partial charge in [0.1, 0.15) is 6.61 Å². The number of rotatable bonds is 6. The Balaban J connectivity index is 1.47. The fraction of sp³-hybridized carbons (Fsp3) is 0.391. The minimum absolute atomic E-state index is 0.0276. The summed E-state index contributed by atoms with van der Waals surface area (Å²) in [6.07, 6.45) is 2.08. The standard InChI is InChI=1S/C23H26N2O3/c1-16-6-5-7-17(14-16)12-13-24-23(27)22-21(18-8-3-2-4-9-18)25(19-10-11-19)20(26)15-28-22/h2-9,14,19,21-22H,10-13,15H2,1H3,(H,24,27)/t21-,22+/m0/s1. The molecule has 5 nitrogen and oxygen atoms in total. The Morgan fingerprint density at radius 2 is 1.93 bits per heavy atom. The number of amides is 2. The van der Waals surface area contributed by atoms with Gasteiger partial charge in [-0.3, -0.25) is 9.59 Å². The van der Waals surface area contributed by atoms with Crippen LogP contribution in [0.3, 0.4) is 0 Å². The van der Waals surface area contributed by atoms with E-state index in [-0.39, 0.29) is 30.5 Å². The first-order valence-corrected chi connectivity index (χ1v) is 9.94. The van der Waals surface area contributed by atoms with Crippen LogP contribution in [0.2, 0.25) is 0 Å². The number of carbonyl (C=O) groups excluding carboxylic acids is 2. The molecule has 4 rings (SSSR count). The summed E-state index contributed by atoms with van der Waals surface area (Å²) in [5, 5.41) is 3.01. The van der Waals surface area contributed by atoms with Crippen LogP contribution in [-0.2, 0) is 20.7 Å². The molecule has 2 atom stereocenters. The fourth-order valence-electron chi connectivity index (χ4n) is 3.91. The van der Waals surface area contributed by atoms with Crippen LogP contribution in [0.25, 0.3) is 0 Å². The van der Waals surface area contributed by atoms with E-state index < -0.39 is 6.10 Å². The number of carbonyl (C=O) groups is 2. The van der Waals surface area contributed by atoms with Gasteiger partial charge in [-0.15, -0.1) is 0 Å². The van der Waals surface area contributed by atoms with E-state index in [1.807, 2.05) is 41.3 Å². The van der Waals surface area contributed by atoms with E-state index >= 15 is 0 Å². The van der Waals surface area contributed by atoms with Crippen LogP contribution in [0.15, 0.2) is 54.6 Å². The highest BCUT2D eigenvalue weighted by Crippen LogP contribution is 2.39. The number of benzene rings is 2. The maximum atomic E-state index is 13.0. The zero-order valence-corrected chi connectivity index (χ0v) is 16.1. The van der Waals surface area contributed by atoms with Crippen molar-refractivity contribution in [3.8, 4) is 0 Å². The second-order valence-electron chi connectivity index (χ2n) is 7.65. The molecule has 1 aliphatic heterocycles. The second-order valence-corrected chi connectivity index (χ2v) is 7.65. The van der Waals surface area contributed by atoms with E-state index in [0.29, 0.717) is 6.54 Å². The highest BCUT2D eigenvalue weighted by atomic mass is 16.5. The van der Waals surface area contributed by atoms with Crippen LogP contribution in [0.4, 0.5) is 0 Å². The normalized spacial score (nSPS) is 22.2. The Bertz CT molecular complexity index is 848. The molecule has 2 aromatic rings. The number of ether oxygens (including phenoxy) is 1. The predicted molar refractivity (Wildman–Crippen MR) is 107 cm³/mol. The van der Waals surface area contributed by atoms with Crippen LogP contribution < -0.4 is 5.32 Å². The molecule has 146 valence electrons. The quantitative estimate of drug-likeness (QED) is 0.841. The van der Waals surface area contributed by atoms with Crippen molar-refractivity contribution in [1.82, 2.24) is 10.2 Å². The summed E-state index contributed by atoms with van der Waals surface area (Å²) in [5.41, 5.74) is 3.35. The highest BCUT2D eigenvalue weighted by molar-refractivity contribution is 5.86. The third-order valence-corrected chi connectivity index (χ3v) is 5.40. The van der Waals surface area contributed by atoms with Gasteiger partial charge in [0.2, 0.25) is 5.91 Å². The molecule has 5 heteroatoms. The van der Waals surface area contributed by atoms with Gasteiger partial charge in [-0.2, -0.15) is 0 Å². The van der Waals surface area contributed by atoms with E-state index in [1.54, 1.807) is 0 Å². The molecule has 28 heavy (non-hydrogen) atoms. The highest BCUT2D eigenvalue weighted by Gasteiger charge is 2.47. The van der Waals surface area contributed by atoms with Crippen LogP contribution >= 0.6 is 0 Å². The molecule has 2 aliphatic rings. The molecule has 0 aromatic heterocycles. The zero-order valence-electron chi connectivity index (χ0n) is 16.1. The van der Waals surface area contributed by atoms with Crippen molar-refractivity contribution < 1.29 is 14.3 Å². The number of morpholine rings is 1. The van der Waals surface area contributed by atoms with E-state index in [4.69, 9.17) is 4.74 Å². The molecule has 1 N–H and O–H groups in total. The van der Waals surface area contributed by atoms with Crippen LogP contribution in [-0.4, -0.2) is 42.0 Å². The van der Waals surface area contributed by atoms with Crippen LogP contribution in [0.5, 0.6) is 0 Å². The first kappa shape index (κ1) is 18.7. The van der Waals surface area contributed by atoms with Crippen molar-refractivity contribution in [3.05, 3.63) is 71.3 Å². The summed E-state index contributed by atoms with van der Waals surface area (Å²) >= 11 is 0. The molecule has 2 aromatic carbocycles. The Hall–Kier alpha value is -2.66. The van der Waals surface area contributed by atoms with E-state index in [2.05, 4.69) is 30.4 Å². The van der Waals surface area contributed by atoms with Gasteiger partial charge >= 0.3 is 0 Å². The van der Waals surface area contributed by atoms with Gasteiger partial charge in [0.15, 0.2) is 6.10 Å². The summed E-state index contributed by atoms with van der Waals surface area (Å²) in [6, 6.07) is 17.9. The van der Waals surface area contributed by atoms with Gasteiger partial charge in [0.25, 0.3) is 5.91 Å². The molecule has 1 saturated carbocycles.